The molecule has 0 aromatic heterocycles. The number of carboxylic acid groups (broad SMARTS) is 1. The fraction of sp³-hybridized carbons (Fsp3) is 0.585. The number of hydrogen-bond donors (Lipinski definition) is 1. The minimum Gasteiger partial charge on any atom is -0.481 e. The van der Waals surface area contributed by atoms with Crippen molar-refractivity contribution in [1.29, 1.82) is 0 Å². The Bertz CT molecular complexity index is 5260. The molecule has 0 spiro atoms. The molecule has 1 N–H and O–H groups in total. The molecule has 131 heavy (non-hydrogen) atoms. The highest BCUT2D eigenvalue weighted by atomic mass is 35.5. The molecule has 0 saturated heterocycles. The molecule has 2 unspecified atom stereocenters. The van der Waals surface area contributed by atoms with Crippen molar-refractivity contribution in [3.63, 3.8) is 0 Å². The van der Waals surface area contributed by atoms with E-state index < -0.39 is 92.3 Å². The molecule has 8 aliphatic carbocycles. The number of carbonyl (C=O) groups is 12. The van der Waals surface area contributed by atoms with Gasteiger partial charge in [-0.2, -0.15) is 0 Å². The minimum absolute atomic E-state index is 0. The summed E-state index contributed by atoms with van der Waals surface area (Å²) in [5.74, 6) is 77.6. The van der Waals surface area contributed by atoms with Crippen molar-refractivity contribution < 1.29 is 158 Å². The molecular formula is C106H173ClO24. The van der Waals surface area contributed by atoms with Gasteiger partial charge in [0.2, 0.25) is 6.79 Å². The fourth-order valence-corrected chi connectivity index (χ4v) is 20.8. The van der Waals surface area contributed by atoms with Gasteiger partial charge < -0.3 is 57.2 Å². The summed E-state index contributed by atoms with van der Waals surface area (Å²) in [4.78, 5) is 143. The Balaban J connectivity index is -0.0000000848. The molecule has 8 saturated carbocycles. The number of carboxylic acids is 1. The largest absolute Gasteiger partial charge is 0.511 e. The van der Waals surface area contributed by atoms with Gasteiger partial charge in [-0.05, 0) is 403 Å². The maximum atomic E-state index is 13.0. The number of rotatable bonds is 27. The van der Waals surface area contributed by atoms with Crippen LogP contribution in [0, 0.1) is 282 Å². The van der Waals surface area contributed by atoms with Crippen LogP contribution in [0.15, 0.2) is 0 Å². The number of ether oxygens (including phenoxy) is 11. The lowest BCUT2D eigenvalue weighted by molar-refractivity contribution is -0.165. The van der Waals surface area contributed by atoms with E-state index in [2.05, 4.69) is 217 Å². The molecule has 0 aromatic carbocycles. The van der Waals surface area contributed by atoms with Crippen LogP contribution in [-0.2, 0) is 100 Å². The molecule has 0 heterocycles. The van der Waals surface area contributed by atoms with Crippen molar-refractivity contribution in [2.24, 2.45) is 92.7 Å². The maximum absolute atomic E-state index is 13.0. The number of esters is 7. The highest BCUT2D eigenvalue weighted by Crippen LogP contribution is 2.69. The second-order valence-corrected chi connectivity index (χ2v) is 35.0. The highest BCUT2D eigenvalue weighted by molar-refractivity contribution is 6.17. The molecule has 0 aliphatic heterocycles. The second kappa shape index (κ2) is 55.7. The lowest BCUT2D eigenvalue weighted by Gasteiger charge is -2.61. The lowest BCUT2D eigenvalue weighted by atomic mass is 9.44. The Labute approximate surface area is 821 Å². The van der Waals surface area contributed by atoms with Crippen LogP contribution in [0.3, 0.4) is 0 Å². The summed E-state index contributed by atoms with van der Waals surface area (Å²) in [7, 11) is 0. The minimum atomic E-state index is -1.29. The normalized spacial score (nSPS) is 25.2. The first-order valence-corrected chi connectivity index (χ1v) is 44.7. The average molecular weight is 1870 g/mol. The third-order valence-corrected chi connectivity index (χ3v) is 26.7. The van der Waals surface area contributed by atoms with Crippen LogP contribution < -0.4 is 0 Å². The zero-order valence-corrected chi connectivity index (χ0v) is 77.4. The van der Waals surface area contributed by atoms with Crippen LogP contribution in [0.1, 0.15) is 280 Å². The van der Waals surface area contributed by atoms with Crippen LogP contribution in [0.25, 0.3) is 0 Å². The number of carbonyl (C=O) groups excluding carboxylic acids is 11. The zero-order valence-electron chi connectivity index (χ0n) is 76.7. The van der Waals surface area contributed by atoms with Crippen LogP contribution in [-0.4, -0.2) is 140 Å². The van der Waals surface area contributed by atoms with Gasteiger partial charge in [-0.3, -0.25) is 38.4 Å². The van der Waals surface area contributed by atoms with Gasteiger partial charge in [0.1, 0.15) is 50.2 Å². The van der Waals surface area contributed by atoms with E-state index in [0.29, 0.717) is 58.9 Å². The van der Waals surface area contributed by atoms with Gasteiger partial charge in [-0.1, -0.05) is 65.0 Å². The predicted molar refractivity (Wildman–Crippen MR) is 544 cm³/mol. The third kappa shape index (κ3) is 35.7. The molecule has 0 radical (unpaired) electrons. The number of ketones is 2. The molecule has 748 valence electrons. The molecule has 8 fully saturated rings. The zero-order chi connectivity index (χ0) is 95.8. The third-order valence-electron chi connectivity index (χ3n) is 26.6. The van der Waals surface area contributed by atoms with Crippen molar-refractivity contribution >= 4 is 83.2 Å². The van der Waals surface area contributed by atoms with E-state index in [-0.39, 0.29) is 146 Å². The summed E-state index contributed by atoms with van der Waals surface area (Å²) in [6.45, 7) is 20.2. The summed E-state index contributed by atoms with van der Waals surface area (Å²) in [5, 5.41) is 8.63. The monoisotopic (exact) mass is 1870 g/mol. The number of alkyl halides is 1. The van der Waals surface area contributed by atoms with E-state index in [9.17, 15) is 57.5 Å². The van der Waals surface area contributed by atoms with E-state index in [4.69, 9.17) is 68.8 Å². The van der Waals surface area contributed by atoms with Crippen LogP contribution >= 0.6 is 11.6 Å². The van der Waals surface area contributed by atoms with Crippen LogP contribution in [0.2, 0.25) is 0 Å². The van der Waals surface area contributed by atoms with Crippen molar-refractivity contribution in [3.8, 4) is 189 Å². The van der Waals surface area contributed by atoms with Crippen molar-refractivity contribution in [2.45, 2.75) is 262 Å². The Morgan fingerprint density at radius 2 is 0.702 bits per heavy atom. The van der Waals surface area contributed by atoms with E-state index in [1.807, 2.05) is 0 Å². The first-order valence-electron chi connectivity index (χ1n) is 44.2. The maximum Gasteiger partial charge on any atom is 0.511 e. The molecule has 0 amide bonds. The molecule has 0 bridgehead atoms. The summed E-state index contributed by atoms with van der Waals surface area (Å²) < 4.78 is 56.5. The first-order chi connectivity index (χ1) is 62.7. The molecule has 8 rings (SSSR count). The van der Waals surface area contributed by atoms with E-state index in [0.717, 1.165) is 95.3 Å². The van der Waals surface area contributed by atoms with E-state index >= 15 is 0 Å². The van der Waals surface area contributed by atoms with Gasteiger partial charge in [0.05, 0.1) is 0 Å². The van der Waals surface area contributed by atoms with Crippen molar-refractivity contribution in [2.75, 3.05) is 39.3 Å². The van der Waals surface area contributed by atoms with Crippen molar-refractivity contribution in [3.05, 3.63) is 0 Å². The number of aliphatic carboxylic acids is 1. The van der Waals surface area contributed by atoms with Crippen LogP contribution in [0.4, 0.5) is 9.59 Å². The second-order valence-electron chi connectivity index (χ2n) is 34.8. The van der Waals surface area contributed by atoms with E-state index in [1.54, 1.807) is 41.5 Å². The predicted octanol–water partition coefficient (Wildman–Crippen LogP) is 20.4. The number of hydrogen-bond acceptors (Lipinski definition) is 23. The summed E-state index contributed by atoms with van der Waals surface area (Å²) >= 11 is 5.46. The van der Waals surface area contributed by atoms with E-state index in [1.165, 1.54) is 46.0 Å². The Morgan fingerprint density at radius 3 is 1.05 bits per heavy atom. The van der Waals surface area contributed by atoms with Gasteiger partial charge in [-0.25, -0.2) is 19.2 Å². The standard InChI is InChI=1S/C69H56O12.C23H35ClO4.C14H22O8.30H2/c1-7-9-11-13-15-17-19-21-23-25-27-29-31-33-35-37-63(71)76-51-58(52-77-64(72)38-36-34-32-30-28-26-24-22-20-18-16-14-12-10-8-2)80-65(73)44-39-54(3)49-66(74)78-53-79-67(75)81-57-45-47-68(5)56(50-57)40-41-59-61-43-42-60(55(4)70)69(61,6)48-46-62(59)68;1-14(25)18-6-7-19-17-5-4-15-12-16(28-21(26)27-13-24)8-10-22(15,2)20(17)9-11-23(18,19)3;1-9(6-13(17)18)4-5-14(19)22-12(7-20-10(2)15)8-21-11(3)16;;;;;;;;;;;;;;;;;;;;;;;;;;;;;;/h54,56-62H,39-53H2,1-6H3;15-20H,4-13H2,1-3H3;9,12H,4-8H2,1-3H3,(H,17,18);30*1H/t54?,56-,57+,59-,60+,61-,62-,68-,69+;15-,16+,17-,18+,19-,20-,22-,23+;;;;;;;;;;;;;;;;;;;;;;;;;;;;;;;/m00.............................../s1. The lowest BCUT2D eigenvalue weighted by Crippen LogP contribution is -2.54. The Hall–Kier alpha value is -13.1. The quantitative estimate of drug-likeness (QED) is 0.0199. The number of halogens is 1. The van der Waals surface area contributed by atoms with Gasteiger partial charge in [-0.15, -0.1) is 0 Å². The van der Waals surface area contributed by atoms with Gasteiger partial charge in [0.25, 0.3) is 0 Å². The Morgan fingerprint density at radius 1 is 0.374 bits per heavy atom. The van der Waals surface area contributed by atoms with Gasteiger partial charge in [0.15, 0.2) is 18.3 Å². The molecular weight excluding hydrogens is 1690 g/mol. The van der Waals surface area contributed by atoms with Gasteiger partial charge in [0, 0.05) is 106 Å². The fourth-order valence-electron chi connectivity index (χ4n) is 20.7. The molecule has 0 aromatic rings. The molecule has 18 atom stereocenters. The average Bonchev–Trinajstić information content (AvgIpc) is 1.61. The summed E-state index contributed by atoms with van der Waals surface area (Å²) in [5.41, 5.74) is 0.826. The topological polar surface area (TPSA) is 327 Å². The first kappa shape index (κ1) is 107. The summed E-state index contributed by atoms with van der Waals surface area (Å²) in [6.07, 6.45) is 15.5. The Kier molecular flexibility index (Phi) is 45.3. The van der Waals surface area contributed by atoms with Crippen molar-refractivity contribution in [1.82, 2.24) is 0 Å². The summed E-state index contributed by atoms with van der Waals surface area (Å²) in [6, 6.07) is -0.155. The number of fused-ring (bicyclic) bond motifs is 10. The highest BCUT2D eigenvalue weighted by Gasteiger charge is 2.63. The van der Waals surface area contributed by atoms with Crippen LogP contribution in [0.5, 0.6) is 0 Å². The molecule has 24 nitrogen and oxygen atoms in total. The smallest absolute Gasteiger partial charge is 0.481 e. The molecule has 25 heteroatoms. The molecule has 8 aliphatic rings. The number of Topliss-reactive ketones (excluding diaryl/α,β-unsaturated/α-hetero) is 2. The SMILES string of the molecule is CC#CC#CC#CC#CC#CC#CC#CC#CC(=O)OCC(COC(=O)C#CC#CC#CC#CC#CC#CC#CC#CC)OC(=O)CCC(C)CC(=O)OCOC(=O)O[C@@H]1CC[C@@]2(C)[C@@H](CC[C@@H]3[C@@H]2CC[C@]2(C)[C@@H](C(C)=O)CC[C@@H]32)C1.CC(=O)OCC(COC(C)=O)OC(=O)CCC(C)CC(=O)O.CC(=O)[C@H]1CC[C@H]2[C@@H]3CC[C@H]4C[C@H](OC(=O)OCCl)CC[C@]4(C)[C@H]3CC[C@]12C.[HH].[HH].[HH].[HH].[HH].[HH].[HH].[HH].[HH].[HH].[HH].[HH].[HH].[HH].[HH].[HH].[HH].[HH].[HH].[HH].[HH].[HH].[HH].[HH].[HH].[HH].[HH].[HH].[HH].[HH]. The van der Waals surface area contributed by atoms with Gasteiger partial charge >= 0.3 is 60.1 Å².